The van der Waals surface area contributed by atoms with E-state index in [0.29, 0.717) is 0 Å². The van der Waals surface area contributed by atoms with E-state index in [2.05, 4.69) is 0 Å². The van der Waals surface area contributed by atoms with Gasteiger partial charge in [0.15, 0.2) is 0 Å². The molecule has 0 unspecified atom stereocenters. The highest BCUT2D eigenvalue weighted by Gasteiger charge is 2.40. The zero-order valence-electron chi connectivity index (χ0n) is 8.56. The number of rotatable bonds is 5. The predicted octanol–water partition coefficient (Wildman–Crippen LogP) is 0.682. The van der Waals surface area contributed by atoms with Crippen LogP contribution in [0.4, 0.5) is 0 Å². The Hall–Kier alpha value is -0.950. The third-order valence-electron chi connectivity index (χ3n) is 2.58. The van der Waals surface area contributed by atoms with Crippen molar-refractivity contribution in [1.29, 1.82) is 0 Å². The Bertz CT molecular complexity index is 351. The quantitative estimate of drug-likeness (QED) is 0.682. The maximum absolute atomic E-state index is 11.0. The van der Waals surface area contributed by atoms with Gasteiger partial charge in [-0.05, 0) is 12.8 Å². The van der Waals surface area contributed by atoms with E-state index >= 15 is 0 Å². The SMILES string of the molecule is CCC(CC)(CC(=O)S(=O)(=O)O)C(=O)O. The fourth-order valence-corrected chi connectivity index (χ4v) is 1.70. The monoisotopic (exact) mass is 238 g/mol. The second-order valence-corrected chi connectivity index (χ2v) is 4.72. The Labute approximate surface area is 88.0 Å². The van der Waals surface area contributed by atoms with Crippen LogP contribution in [0.15, 0.2) is 0 Å². The molecule has 0 atom stereocenters. The van der Waals surface area contributed by atoms with Gasteiger partial charge in [-0.3, -0.25) is 14.1 Å². The van der Waals surface area contributed by atoms with Crippen molar-refractivity contribution in [1.82, 2.24) is 0 Å². The lowest BCUT2D eigenvalue weighted by molar-refractivity contribution is -0.151. The molecule has 0 aliphatic heterocycles. The normalized spacial score (nSPS) is 12.5. The molecule has 0 fully saturated rings. The molecule has 0 rings (SSSR count). The van der Waals surface area contributed by atoms with Gasteiger partial charge in [0.25, 0.3) is 5.12 Å². The van der Waals surface area contributed by atoms with Gasteiger partial charge in [0, 0.05) is 6.42 Å². The minimum absolute atomic E-state index is 0.125. The van der Waals surface area contributed by atoms with E-state index in [0.717, 1.165) is 0 Å². The molecule has 0 aromatic rings. The molecular formula is C8H14O6S. The molecule has 0 aromatic heterocycles. The molecule has 0 aromatic carbocycles. The molecule has 0 amide bonds. The molecule has 0 spiro atoms. The number of carboxylic acids is 1. The van der Waals surface area contributed by atoms with Gasteiger partial charge in [-0.15, -0.1) is 0 Å². The lowest BCUT2D eigenvalue weighted by Crippen LogP contribution is -2.34. The van der Waals surface area contributed by atoms with E-state index in [1.807, 2.05) is 0 Å². The fraction of sp³-hybridized carbons (Fsp3) is 0.750. The molecule has 0 saturated heterocycles. The molecule has 0 bridgehead atoms. The van der Waals surface area contributed by atoms with Crippen LogP contribution in [0.5, 0.6) is 0 Å². The Morgan fingerprint density at radius 1 is 1.20 bits per heavy atom. The van der Waals surface area contributed by atoms with Crippen molar-refractivity contribution in [2.45, 2.75) is 33.1 Å². The molecule has 7 heteroatoms. The summed E-state index contributed by atoms with van der Waals surface area (Å²) in [6, 6.07) is 0. The summed E-state index contributed by atoms with van der Waals surface area (Å²) in [5.74, 6) is -1.23. The molecule has 6 nitrogen and oxygen atoms in total. The first kappa shape index (κ1) is 14.1. The Morgan fingerprint density at radius 3 is 1.80 bits per heavy atom. The molecule has 2 N–H and O–H groups in total. The molecule has 15 heavy (non-hydrogen) atoms. The van der Waals surface area contributed by atoms with Crippen molar-refractivity contribution < 1.29 is 27.7 Å². The summed E-state index contributed by atoms with van der Waals surface area (Å²) in [6.45, 7) is 3.10. The second-order valence-electron chi connectivity index (χ2n) is 3.32. The second kappa shape index (κ2) is 4.71. The number of carbonyl (C=O) groups excluding carboxylic acids is 1. The molecule has 0 aliphatic rings. The minimum Gasteiger partial charge on any atom is -0.481 e. The van der Waals surface area contributed by atoms with Gasteiger partial charge >= 0.3 is 16.1 Å². The third-order valence-corrected chi connectivity index (χ3v) is 3.30. The highest BCUT2D eigenvalue weighted by molar-refractivity contribution is 8.01. The van der Waals surface area contributed by atoms with Gasteiger partial charge in [-0.2, -0.15) is 8.42 Å². The van der Waals surface area contributed by atoms with Crippen molar-refractivity contribution in [2.75, 3.05) is 0 Å². The van der Waals surface area contributed by atoms with E-state index in [1.54, 1.807) is 13.8 Å². The summed E-state index contributed by atoms with van der Waals surface area (Å²) >= 11 is 0. The number of aliphatic carboxylic acids is 1. The molecule has 0 heterocycles. The van der Waals surface area contributed by atoms with E-state index in [-0.39, 0.29) is 12.8 Å². The Balaban J connectivity index is 5.02. The van der Waals surface area contributed by atoms with Crippen molar-refractivity contribution in [3.05, 3.63) is 0 Å². The summed E-state index contributed by atoms with van der Waals surface area (Å²) in [4.78, 5) is 21.9. The highest BCUT2D eigenvalue weighted by Crippen LogP contribution is 2.31. The van der Waals surface area contributed by atoms with Crippen LogP contribution in [0.1, 0.15) is 33.1 Å². The van der Waals surface area contributed by atoms with Gasteiger partial charge in [0.2, 0.25) is 0 Å². The number of hydrogen-bond donors (Lipinski definition) is 2. The van der Waals surface area contributed by atoms with E-state index < -0.39 is 33.0 Å². The molecule has 88 valence electrons. The van der Waals surface area contributed by atoms with Crippen molar-refractivity contribution >= 4 is 21.2 Å². The van der Waals surface area contributed by atoms with Gasteiger partial charge in [0.1, 0.15) is 0 Å². The first-order valence-electron chi connectivity index (χ1n) is 4.43. The lowest BCUT2D eigenvalue weighted by atomic mass is 9.80. The van der Waals surface area contributed by atoms with Crippen LogP contribution in [-0.2, 0) is 19.7 Å². The number of hydrogen-bond acceptors (Lipinski definition) is 4. The highest BCUT2D eigenvalue weighted by atomic mass is 32.2. The standard InChI is InChI=1S/C8H14O6S/c1-3-8(4-2,7(10)11)5-6(9)15(12,13)14/h3-5H2,1-2H3,(H,10,11)(H,12,13,14). The molecule has 0 aliphatic carbocycles. The van der Waals surface area contributed by atoms with Gasteiger partial charge in [-0.1, -0.05) is 13.8 Å². The lowest BCUT2D eigenvalue weighted by Gasteiger charge is -2.24. The first-order chi connectivity index (χ1) is 6.69. The van der Waals surface area contributed by atoms with Gasteiger partial charge < -0.3 is 5.11 Å². The topological polar surface area (TPSA) is 109 Å². The fourth-order valence-electron chi connectivity index (χ4n) is 1.25. The van der Waals surface area contributed by atoms with Gasteiger partial charge in [0.05, 0.1) is 5.41 Å². The maximum atomic E-state index is 11.0. The summed E-state index contributed by atoms with van der Waals surface area (Å²) in [7, 11) is -4.79. The van der Waals surface area contributed by atoms with E-state index in [4.69, 9.17) is 9.66 Å². The smallest absolute Gasteiger partial charge is 0.328 e. The number of carboxylic acid groups (broad SMARTS) is 1. The minimum atomic E-state index is -4.79. The van der Waals surface area contributed by atoms with Gasteiger partial charge in [-0.25, -0.2) is 0 Å². The average Bonchev–Trinajstić information content (AvgIpc) is 2.11. The molecular weight excluding hydrogens is 224 g/mol. The maximum Gasteiger partial charge on any atom is 0.328 e. The Morgan fingerprint density at radius 2 is 1.60 bits per heavy atom. The summed E-state index contributed by atoms with van der Waals surface area (Å²) in [6.07, 6.45) is -0.450. The van der Waals surface area contributed by atoms with Crippen LogP contribution in [0.25, 0.3) is 0 Å². The summed E-state index contributed by atoms with van der Waals surface area (Å²) in [5.41, 5.74) is -1.41. The van der Waals surface area contributed by atoms with Crippen LogP contribution in [0.3, 0.4) is 0 Å². The average molecular weight is 238 g/mol. The van der Waals surface area contributed by atoms with Crippen LogP contribution in [0.2, 0.25) is 0 Å². The van der Waals surface area contributed by atoms with Crippen LogP contribution < -0.4 is 0 Å². The summed E-state index contributed by atoms with van der Waals surface area (Å²) in [5, 5.41) is 7.46. The predicted molar refractivity (Wildman–Crippen MR) is 51.8 cm³/mol. The number of carbonyl (C=O) groups is 2. The van der Waals surface area contributed by atoms with Crippen LogP contribution >= 0.6 is 0 Å². The van der Waals surface area contributed by atoms with E-state index in [9.17, 15) is 18.0 Å². The van der Waals surface area contributed by atoms with E-state index in [1.165, 1.54) is 0 Å². The van der Waals surface area contributed by atoms with Crippen LogP contribution in [-0.4, -0.2) is 29.2 Å². The largest absolute Gasteiger partial charge is 0.481 e. The van der Waals surface area contributed by atoms with Crippen LogP contribution in [0, 0.1) is 5.41 Å². The molecule has 0 radical (unpaired) electrons. The molecule has 0 saturated carbocycles. The zero-order valence-corrected chi connectivity index (χ0v) is 9.37. The van der Waals surface area contributed by atoms with Crippen molar-refractivity contribution in [3.63, 3.8) is 0 Å². The zero-order chi connectivity index (χ0) is 12.3. The third kappa shape index (κ3) is 3.28. The first-order valence-corrected chi connectivity index (χ1v) is 5.87. The van der Waals surface area contributed by atoms with Crippen molar-refractivity contribution in [2.24, 2.45) is 5.41 Å². The summed E-state index contributed by atoms with van der Waals surface area (Å²) < 4.78 is 29.4. The Kier molecular flexibility index (Phi) is 4.42. The van der Waals surface area contributed by atoms with Crippen molar-refractivity contribution in [3.8, 4) is 0 Å².